The molecular formula is C45H66N4O8Si2. The van der Waals surface area contributed by atoms with Crippen LogP contribution in [0.2, 0.25) is 36.3 Å². The van der Waals surface area contributed by atoms with Crippen molar-refractivity contribution in [1.29, 1.82) is 0 Å². The van der Waals surface area contributed by atoms with Gasteiger partial charge in [-0.3, -0.25) is 19.1 Å². The van der Waals surface area contributed by atoms with Crippen LogP contribution in [0, 0.1) is 0 Å². The summed E-state index contributed by atoms with van der Waals surface area (Å²) < 4.78 is 27.8. The smallest absolute Gasteiger partial charge is 0.419 e. The number of benzene rings is 2. The molecule has 0 bridgehead atoms. The topological polar surface area (TPSA) is 120 Å². The summed E-state index contributed by atoms with van der Waals surface area (Å²) in [5.74, 6) is -0.786. The number of likely N-dealkylation sites (N-methyl/N-ethyl adjacent to an activating group) is 1. The fraction of sp³-hybridized carbons (Fsp3) is 0.600. The van der Waals surface area contributed by atoms with Gasteiger partial charge in [-0.2, -0.15) is 0 Å². The van der Waals surface area contributed by atoms with Gasteiger partial charge in [-0.05, 0) is 107 Å². The van der Waals surface area contributed by atoms with E-state index in [1.165, 1.54) is 9.47 Å². The highest BCUT2D eigenvalue weighted by molar-refractivity contribution is 6.75. The highest BCUT2D eigenvalue weighted by atomic mass is 28.4. The van der Waals surface area contributed by atoms with Gasteiger partial charge in [0.05, 0.1) is 23.2 Å². The summed E-state index contributed by atoms with van der Waals surface area (Å²) in [5.41, 5.74) is -2.21. The average molecular weight is 847 g/mol. The Balaban J connectivity index is 1.67. The normalized spacial score (nSPS) is 24.1. The van der Waals surface area contributed by atoms with Crippen LogP contribution >= 0.6 is 0 Å². The lowest BCUT2D eigenvalue weighted by Gasteiger charge is -2.55. The first-order chi connectivity index (χ1) is 26.8. The second-order valence-corrected chi connectivity index (χ2v) is 31.2. The van der Waals surface area contributed by atoms with E-state index in [2.05, 4.69) is 67.7 Å². The molecule has 0 radical (unpaired) electrons. The predicted octanol–water partition coefficient (Wildman–Crippen LogP) is 9.60. The molecule has 3 amide bonds. The zero-order chi connectivity index (χ0) is 44.3. The number of hydrogen-bond acceptors (Lipinski definition) is 8. The number of aromatic nitrogens is 1. The molecule has 12 nitrogen and oxygen atoms in total. The van der Waals surface area contributed by atoms with E-state index in [0.717, 1.165) is 10.9 Å². The standard InChI is InChI=1S/C45H66N4O8Si2/c1-40(2,3)55-38(52)47-27-31(29-22-18-20-24-32(29)47)44-26-34-35(50)46(13)45(57-59(16,17)43(10,11)12,28-54-58(14,15)42(7,8)9)37(51)48(34)36(44)49(39(53)56-41(4,5)6)33-25-21-19-23-30(33)44/h18-25,27,34,36H,26,28H2,1-17H3/t34-,36-,44+,45-/m0/s1. The summed E-state index contributed by atoms with van der Waals surface area (Å²) in [6.45, 7) is 31.7. The molecule has 4 atom stereocenters. The van der Waals surface area contributed by atoms with Crippen molar-refractivity contribution in [3.63, 3.8) is 0 Å². The van der Waals surface area contributed by atoms with Crippen LogP contribution < -0.4 is 4.90 Å². The molecule has 2 saturated heterocycles. The monoisotopic (exact) mass is 846 g/mol. The number of nitrogens with zero attached hydrogens (tertiary/aromatic N) is 4. The van der Waals surface area contributed by atoms with Crippen LogP contribution in [0.4, 0.5) is 15.3 Å². The summed E-state index contributed by atoms with van der Waals surface area (Å²) in [4.78, 5) is 65.1. The van der Waals surface area contributed by atoms with Crippen molar-refractivity contribution >= 4 is 57.2 Å². The largest absolute Gasteiger partial charge is 0.443 e. The highest BCUT2D eigenvalue weighted by Gasteiger charge is 2.72. The summed E-state index contributed by atoms with van der Waals surface area (Å²) >= 11 is 0. The molecule has 0 spiro atoms. The molecule has 3 aliphatic heterocycles. The van der Waals surface area contributed by atoms with Gasteiger partial charge in [-0.15, -0.1) is 0 Å². The maximum atomic E-state index is 16.2. The number of carbonyl (C=O) groups excluding carboxylic acids is 4. The van der Waals surface area contributed by atoms with E-state index in [0.29, 0.717) is 16.8 Å². The third-order valence-electron chi connectivity index (χ3n) is 13.2. The van der Waals surface area contributed by atoms with E-state index in [1.807, 2.05) is 69.3 Å². The molecule has 6 rings (SSSR count). The van der Waals surface area contributed by atoms with Gasteiger partial charge in [0.2, 0.25) is 11.6 Å². The Morgan fingerprint density at radius 2 is 1.29 bits per heavy atom. The molecule has 322 valence electrons. The zero-order valence-corrected chi connectivity index (χ0v) is 40.3. The van der Waals surface area contributed by atoms with E-state index in [1.54, 1.807) is 43.8 Å². The van der Waals surface area contributed by atoms with Crippen LogP contribution in [0.15, 0.2) is 54.7 Å². The third-order valence-corrected chi connectivity index (χ3v) is 22.1. The van der Waals surface area contributed by atoms with Gasteiger partial charge >= 0.3 is 12.2 Å². The molecule has 1 aromatic heterocycles. The summed E-state index contributed by atoms with van der Waals surface area (Å²) in [5, 5.41) is 0.171. The van der Waals surface area contributed by atoms with Crippen molar-refractivity contribution in [2.24, 2.45) is 0 Å². The van der Waals surface area contributed by atoms with Crippen molar-refractivity contribution in [2.45, 2.75) is 160 Å². The summed E-state index contributed by atoms with van der Waals surface area (Å²) in [6, 6.07) is 14.1. The molecule has 0 aliphatic carbocycles. The van der Waals surface area contributed by atoms with Crippen LogP contribution in [-0.4, -0.2) is 97.8 Å². The van der Waals surface area contributed by atoms with Gasteiger partial charge in [0.25, 0.3) is 5.91 Å². The number of piperazine rings is 1. The van der Waals surface area contributed by atoms with Crippen molar-refractivity contribution in [3.05, 3.63) is 65.9 Å². The van der Waals surface area contributed by atoms with Crippen molar-refractivity contribution in [2.75, 3.05) is 18.6 Å². The fourth-order valence-corrected chi connectivity index (χ4v) is 10.6. The van der Waals surface area contributed by atoms with Crippen molar-refractivity contribution in [3.8, 4) is 0 Å². The average Bonchev–Trinajstić information content (AvgIpc) is 3.73. The van der Waals surface area contributed by atoms with E-state index in [9.17, 15) is 9.59 Å². The number of anilines is 1. The van der Waals surface area contributed by atoms with Crippen molar-refractivity contribution < 1.29 is 37.5 Å². The third kappa shape index (κ3) is 7.25. The maximum Gasteiger partial charge on any atom is 0.419 e. The Bertz CT molecular complexity index is 2190. The number of ether oxygens (including phenoxy) is 2. The van der Waals surface area contributed by atoms with Crippen LogP contribution in [0.3, 0.4) is 0 Å². The van der Waals surface area contributed by atoms with Gasteiger partial charge in [0, 0.05) is 18.6 Å². The van der Waals surface area contributed by atoms with Crippen molar-refractivity contribution in [1.82, 2.24) is 14.4 Å². The van der Waals surface area contributed by atoms with Crippen LogP contribution in [-0.2, 0) is 33.3 Å². The first-order valence-electron chi connectivity index (χ1n) is 20.7. The van der Waals surface area contributed by atoms with Crippen LogP contribution in [0.1, 0.15) is 101 Å². The Morgan fingerprint density at radius 1 is 0.746 bits per heavy atom. The van der Waals surface area contributed by atoms with Crippen LogP contribution in [0.25, 0.3) is 10.9 Å². The molecule has 4 heterocycles. The first-order valence-corrected chi connectivity index (χ1v) is 26.5. The van der Waals surface area contributed by atoms with Gasteiger partial charge in [-0.25, -0.2) is 9.59 Å². The second-order valence-electron chi connectivity index (χ2n) is 21.6. The molecule has 3 aromatic rings. The molecule has 0 saturated carbocycles. The maximum absolute atomic E-state index is 16.2. The van der Waals surface area contributed by atoms with Gasteiger partial charge in [0.1, 0.15) is 23.4 Å². The molecule has 2 aromatic carbocycles. The Morgan fingerprint density at radius 3 is 1.86 bits per heavy atom. The lowest BCUT2D eigenvalue weighted by Crippen LogP contribution is -2.76. The lowest BCUT2D eigenvalue weighted by molar-refractivity contribution is -0.198. The Kier molecular flexibility index (Phi) is 10.6. The predicted molar refractivity (Wildman–Crippen MR) is 235 cm³/mol. The number of rotatable bonds is 6. The zero-order valence-electron chi connectivity index (χ0n) is 38.3. The molecule has 3 aliphatic rings. The molecule has 14 heteroatoms. The highest BCUT2D eigenvalue weighted by Crippen LogP contribution is 2.61. The SMILES string of the molecule is CN1C(=O)[C@@H]2C[C@]3(c4cn(C(=O)OC(C)(C)C)c5ccccc45)c4ccccc4N(C(=O)OC(C)(C)C)[C@@H]3N2C(=O)[C@]1(CO[Si](C)(C)C(C)(C)C)O[Si](C)(C)C(C)(C)C. The Hall–Kier alpha value is -3.99. The van der Waals surface area contributed by atoms with E-state index in [4.69, 9.17) is 18.3 Å². The molecule has 0 unspecified atom stereocenters. The molecule has 2 fully saturated rings. The van der Waals surface area contributed by atoms with Gasteiger partial charge < -0.3 is 28.1 Å². The number of para-hydroxylation sites is 2. The minimum absolute atomic E-state index is 0.116. The quantitative estimate of drug-likeness (QED) is 0.225. The number of fused-ring (bicyclic) bond motifs is 6. The first kappa shape index (κ1) is 44.6. The lowest BCUT2D eigenvalue weighted by atomic mass is 9.72. The molecule has 0 N–H and O–H groups in total. The number of amides is 3. The minimum atomic E-state index is -2.85. The van der Waals surface area contributed by atoms with Crippen LogP contribution in [0.5, 0.6) is 0 Å². The van der Waals surface area contributed by atoms with E-state index < -0.39 is 69.3 Å². The number of carbonyl (C=O) groups is 4. The summed E-state index contributed by atoms with van der Waals surface area (Å²) in [7, 11) is -3.73. The second kappa shape index (κ2) is 14.0. The van der Waals surface area contributed by atoms with E-state index in [-0.39, 0.29) is 29.0 Å². The van der Waals surface area contributed by atoms with Gasteiger partial charge in [-0.1, -0.05) is 77.9 Å². The molecular weight excluding hydrogens is 781 g/mol. The fourth-order valence-electron chi connectivity index (χ4n) is 8.18. The minimum Gasteiger partial charge on any atom is -0.443 e. The summed E-state index contributed by atoms with van der Waals surface area (Å²) in [6.07, 6.45) is -0.461. The number of hydrogen-bond donors (Lipinski definition) is 0. The van der Waals surface area contributed by atoms with E-state index >= 15 is 9.59 Å². The molecule has 59 heavy (non-hydrogen) atoms. The van der Waals surface area contributed by atoms with Gasteiger partial charge in [0.15, 0.2) is 16.6 Å². The Labute approximate surface area is 352 Å².